The van der Waals surface area contributed by atoms with Gasteiger partial charge in [0.25, 0.3) is 0 Å². The van der Waals surface area contributed by atoms with Gasteiger partial charge in [-0.3, -0.25) is 4.90 Å². The molecule has 0 spiro atoms. The minimum Gasteiger partial charge on any atom is -0.449 e. The highest BCUT2D eigenvalue weighted by Gasteiger charge is 2.32. The van der Waals surface area contributed by atoms with Crippen LogP contribution in [-0.4, -0.2) is 28.6 Å². The predicted octanol–water partition coefficient (Wildman–Crippen LogP) is 1.92. The quantitative estimate of drug-likeness (QED) is 0.368. The molecule has 0 saturated heterocycles. The van der Waals surface area contributed by atoms with E-state index in [1.54, 1.807) is 19.2 Å². The number of nitrogens with zero attached hydrogens (tertiary/aromatic N) is 2. The summed E-state index contributed by atoms with van der Waals surface area (Å²) < 4.78 is 4.96. The molecule has 0 fully saturated rings. The third kappa shape index (κ3) is 2.37. The molecule has 1 aromatic rings. The Hall–Kier alpha value is -2.50. The first-order chi connectivity index (χ1) is 9.19. The molecule has 6 nitrogen and oxygen atoms in total. The number of rotatable bonds is 2. The zero-order valence-corrected chi connectivity index (χ0v) is 10.5. The first kappa shape index (κ1) is 12.9. The van der Waals surface area contributed by atoms with Crippen LogP contribution >= 0.6 is 0 Å². The van der Waals surface area contributed by atoms with Crippen LogP contribution < -0.4 is 5.73 Å². The highest BCUT2D eigenvalue weighted by Crippen LogP contribution is 2.30. The SMILES string of the molecule is CCOC(=O)N1C=Cc2ccccc2C1C(N)=NO. The van der Waals surface area contributed by atoms with E-state index in [1.807, 2.05) is 24.3 Å². The van der Waals surface area contributed by atoms with Crippen molar-refractivity contribution in [2.45, 2.75) is 13.0 Å². The molecule has 100 valence electrons. The van der Waals surface area contributed by atoms with Crippen LogP contribution in [0.15, 0.2) is 35.6 Å². The van der Waals surface area contributed by atoms with Crippen molar-refractivity contribution in [3.8, 4) is 0 Å². The molecule has 1 aliphatic rings. The van der Waals surface area contributed by atoms with Gasteiger partial charge in [0, 0.05) is 6.20 Å². The molecular formula is C13H15N3O3. The summed E-state index contributed by atoms with van der Waals surface area (Å²) in [4.78, 5) is 13.2. The van der Waals surface area contributed by atoms with Gasteiger partial charge in [-0.05, 0) is 24.1 Å². The molecule has 1 aromatic carbocycles. The summed E-state index contributed by atoms with van der Waals surface area (Å²) in [5.41, 5.74) is 7.41. The van der Waals surface area contributed by atoms with Crippen molar-refractivity contribution in [3.63, 3.8) is 0 Å². The van der Waals surface area contributed by atoms with Crippen LogP contribution in [0.1, 0.15) is 24.1 Å². The number of oxime groups is 1. The Bertz CT molecular complexity index is 540. The van der Waals surface area contributed by atoms with Crippen molar-refractivity contribution in [1.82, 2.24) is 4.90 Å². The van der Waals surface area contributed by atoms with Gasteiger partial charge in [-0.2, -0.15) is 0 Å². The van der Waals surface area contributed by atoms with Crippen LogP contribution in [0.5, 0.6) is 0 Å². The predicted molar refractivity (Wildman–Crippen MR) is 70.5 cm³/mol. The molecular weight excluding hydrogens is 246 g/mol. The molecule has 6 heteroatoms. The van der Waals surface area contributed by atoms with E-state index in [0.717, 1.165) is 11.1 Å². The van der Waals surface area contributed by atoms with Crippen LogP contribution in [0.3, 0.4) is 0 Å². The Morgan fingerprint density at radius 1 is 1.53 bits per heavy atom. The number of hydrogen-bond acceptors (Lipinski definition) is 4. The largest absolute Gasteiger partial charge is 0.449 e. The van der Waals surface area contributed by atoms with E-state index in [0.29, 0.717) is 0 Å². The standard InChI is InChI=1S/C13H15N3O3/c1-2-19-13(17)16-8-7-9-5-3-4-6-10(9)11(16)12(14)15-18/h3-8,11,18H,2H2,1H3,(H2,14,15). The third-order valence-electron chi connectivity index (χ3n) is 2.86. The van der Waals surface area contributed by atoms with Crippen molar-refractivity contribution in [2.24, 2.45) is 10.9 Å². The van der Waals surface area contributed by atoms with Crippen LogP contribution in [-0.2, 0) is 4.74 Å². The van der Waals surface area contributed by atoms with Gasteiger partial charge in [-0.25, -0.2) is 4.79 Å². The molecule has 3 N–H and O–H groups in total. The van der Waals surface area contributed by atoms with Gasteiger partial charge in [0.2, 0.25) is 0 Å². The smallest absolute Gasteiger partial charge is 0.414 e. The first-order valence-electron chi connectivity index (χ1n) is 5.88. The van der Waals surface area contributed by atoms with Gasteiger partial charge in [-0.1, -0.05) is 29.4 Å². The van der Waals surface area contributed by atoms with Gasteiger partial charge in [0.1, 0.15) is 6.04 Å². The summed E-state index contributed by atoms with van der Waals surface area (Å²) in [6, 6.07) is 6.77. The Balaban J connectivity index is 2.45. The van der Waals surface area contributed by atoms with Gasteiger partial charge in [0.15, 0.2) is 5.84 Å². The molecule has 1 unspecified atom stereocenters. The van der Waals surface area contributed by atoms with E-state index < -0.39 is 12.1 Å². The lowest BCUT2D eigenvalue weighted by molar-refractivity contribution is 0.116. The van der Waals surface area contributed by atoms with Crippen LogP contribution in [0, 0.1) is 0 Å². The zero-order valence-electron chi connectivity index (χ0n) is 10.5. The molecule has 1 heterocycles. The fraction of sp³-hybridized carbons (Fsp3) is 0.231. The number of amides is 1. The Kier molecular flexibility index (Phi) is 3.70. The highest BCUT2D eigenvalue weighted by atomic mass is 16.6. The summed E-state index contributed by atoms with van der Waals surface area (Å²) in [6.07, 6.45) is 2.82. The summed E-state index contributed by atoms with van der Waals surface area (Å²) in [5, 5.41) is 11.9. The monoisotopic (exact) mass is 261 g/mol. The maximum Gasteiger partial charge on any atom is 0.414 e. The van der Waals surface area contributed by atoms with Crippen molar-refractivity contribution in [1.29, 1.82) is 0 Å². The number of carbonyl (C=O) groups excluding carboxylic acids is 1. The number of fused-ring (bicyclic) bond motifs is 1. The number of carbonyl (C=O) groups is 1. The number of amidine groups is 1. The number of nitrogens with two attached hydrogens (primary N) is 1. The molecule has 19 heavy (non-hydrogen) atoms. The minimum absolute atomic E-state index is 0.0650. The minimum atomic E-state index is -0.662. The lowest BCUT2D eigenvalue weighted by Gasteiger charge is -2.31. The summed E-state index contributed by atoms with van der Waals surface area (Å²) in [6.45, 7) is 1.98. The molecule has 0 radical (unpaired) electrons. The van der Waals surface area contributed by atoms with Gasteiger partial charge >= 0.3 is 6.09 Å². The molecule has 2 rings (SSSR count). The van der Waals surface area contributed by atoms with E-state index >= 15 is 0 Å². The van der Waals surface area contributed by atoms with Crippen LogP contribution in [0.4, 0.5) is 4.79 Å². The maximum atomic E-state index is 11.9. The molecule has 0 aliphatic carbocycles. The highest BCUT2D eigenvalue weighted by molar-refractivity contribution is 5.92. The van der Waals surface area contributed by atoms with Crippen molar-refractivity contribution in [2.75, 3.05) is 6.61 Å². The average molecular weight is 261 g/mol. The second-order valence-corrected chi connectivity index (χ2v) is 3.98. The molecule has 1 atom stereocenters. The lowest BCUT2D eigenvalue weighted by atomic mass is 9.96. The van der Waals surface area contributed by atoms with E-state index in [2.05, 4.69) is 5.16 Å². The Labute approximate surface area is 110 Å². The van der Waals surface area contributed by atoms with E-state index in [-0.39, 0.29) is 12.4 Å². The zero-order chi connectivity index (χ0) is 13.8. The Morgan fingerprint density at radius 2 is 2.26 bits per heavy atom. The molecule has 0 aromatic heterocycles. The van der Waals surface area contributed by atoms with Gasteiger partial charge in [-0.15, -0.1) is 0 Å². The lowest BCUT2D eigenvalue weighted by Crippen LogP contribution is -2.40. The number of ether oxygens (including phenoxy) is 1. The Morgan fingerprint density at radius 3 is 2.95 bits per heavy atom. The summed E-state index contributed by atoms with van der Waals surface area (Å²) in [7, 11) is 0. The fourth-order valence-corrected chi connectivity index (χ4v) is 2.03. The first-order valence-corrected chi connectivity index (χ1v) is 5.88. The second kappa shape index (κ2) is 5.43. The molecule has 0 saturated carbocycles. The van der Waals surface area contributed by atoms with Crippen molar-refractivity contribution < 1.29 is 14.7 Å². The molecule has 1 aliphatic heterocycles. The van der Waals surface area contributed by atoms with E-state index in [9.17, 15) is 4.79 Å². The number of hydrogen-bond donors (Lipinski definition) is 2. The average Bonchev–Trinajstić information content (AvgIpc) is 2.45. The van der Waals surface area contributed by atoms with Crippen LogP contribution in [0.2, 0.25) is 0 Å². The second-order valence-electron chi connectivity index (χ2n) is 3.98. The fourth-order valence-electron chi connectivity index (χ4n) is 2.03. The summed E-state index contributed by atoms with van der Waals surface area (Å²) >= 11 is 0. The molecule has 1 amide bonds. The van der Waals surface area contributed by atoms with Crippen molar-refractivity contribution >= 4 is 18.0 Å². The normalized spacial score (nSPS) is 18.1. The molecule has 0 bridgehead atoms. The van der Waals surface area contributed by atoms with Gasteiger partial charge < -0.3 is 15.7 Å². The maximum absolute atomic E-state index is 11.9. The third-order valence-corrected chi connectivity index (χ3v) is 2.86. The van der Waals surface area contributed by atoms with Crippen molar-refractivity contribution in [3.05, 3.63) is 41.6 Å². The van der Waals surface area contributed by atoms with E-state index in [4.69, 9.17) is 15.7 Å². The topological polar surface area (TPSA) is 88.2 Å². The van der Waals surface area contributed by atoms with Crippen LogP contribution in [0.25, 0.3) is 6.08 Å². The van der Waals surface area contributed by atoms with Gasteiger partial charge in [0.05, 0.1) is 6.61 Å². The summed E-state index contributed by atoms with van der Waals surface area (Å²) in [5.74, 6) is -0.0650. The van der Waals surface area contributed by atoms with E-state index in [1.165, 1.54) is 4.90 Å². The number of benzene rings is 1.